The van der Waals surface area contributed by atoms with E-state index in [4.69, 9.17) is 9.47 Å². The molecule has 0 saturated carbocycles. The van der Waals surface area contributed by atoms with E-state index in [0.29, 0.717) is 41.4 Å². The summed E-state index contributed by atoms with van der Waals surface area (Å²) in [7, 11) is 0. The van der Waals surface area contributed by atoms with Crippen LogP contribution < -0.4 is 9.47 Å². The molecule has 24 heavy (non-hydrogen) atoms. The van der Waals surface area contributed by atoms with Gasteiger partial charge in [0.1, 0.15) is 0 Å². The third kappa shape index (κ3) is 2.32. The summed E-state index contributed by atoms with van der Waals surface area (Å²) < 4.78 is 11.3. The number of rotatable bonds is 2. The zero-order valence-corrected chi connectivity index (χ0v) is 12.8. The van der Waals surface area contributed by atoms with Crippen LogP contribution >= 0.6 is 0 Å². The SMILES string of the molecule is O=C1c2ccccc2C(=O)N1N=Cc1cccc2c1OCCCO2. The number of carbonyl (C=O) groups excluding carboxylic acids is 2. The van der Waals surface area contributed by atoms with Crippen molar-refractivity contribution in [3.8, 4) is 11.5 Å². The molecule has 0 radical (unpaired) electrons. The second kappa shape index (κ2) is 5.81. The zero-order chi connectivity index (χ0) is 16.5. The van der Waals surface area contributed by atoms with Crippen molar-refractivity contribution >= 4 is 18.0 Å². The molecule has 0 unspecified atom stereocenters. The molecule has 0 N–H and O–H groups in total. The lowest BCUT2D eigenvalue weighted by molar-refractivity contribution is 0.0660. The normalized spacial score (nSPS) is 16.4. The Kier molecular flexibility index (Phi) is 3.49. The summed E-state index contributed by atoms with van der Waals surface area (Å²) in [5, 5.41) is 4.96. The smallest absolute Gasteiger partial charge is 0.282 e. The van der Waals surface area contributed by atoms with Gasteiger partial charge in [-0.05, 0) is 24.3 Å². The number of carbonyl (C=O) groups is 2. The molecule has 0 fully saturated rings. The molecule has 0 bridgehead atoms. The fourth-order valence-electron chi connectivity index (χ4n) is 2.72. The Balaban J connectivity index is 1.65. The summed E-state index contributed by atoms with van der Waals surface area (Å²) in [6, 6.07) is 12.1. The molecule has 2 aromatic carbocycles. The number of ether oxygens (including phenoxy) is 2. The van der Waals surface area contributed by atoms with E-state index in [1.807, 2.05) is 12.1 Å². The number of fused-ring (bicyclic) bond motifs is 2. The second-order valence-electron chi connectivity index (χ2n) is 5.44. The minimum Gasteiger partial charge on any atom is -0.490 e. The van der Waals surface area contributed by atoms with Crippen LogP contribution in [-0.2, 0) is 0 Å². The summed E-state index contributed by atoms with van der Waals surface area (Å²) in [6.45, 7) is 1.14. The van der Waals surface area contributed by atoms with E-state index in [9.17, 15) is 9.59 Å². The van der Waals surface area contributed by atoms with E-state index in [1.54, 1.807) is 30.3 Å². The van der Waals surface area contributed by atoms with Crippen molar-refractivity contribution in [1.29, 1.82) is 0 Å². The van der Waals surface area contributed by atoms with Crippen LogP contribution in [0, 0.1) is 0 Å². The Morgan fingerprint density at radius 1 is 0.917 bits per heavy atom. The predicted molar refractivity (Wildman–Crippen MR) is 86.6 cm³/mol. The molecule has 2 aliphatic rings. The molecule has 2 aliphatic heterocycles. The van der Waals surface area contributed by atoms with Crippen LogP contribution in [-0.4, -0.2) is 36.3 Å². The van der Waals surface area contributed by atoms with E-state index >= 15 is 0 Å². The first-order chi connectivity index (χ1) is 11.8. The molecule has 0 atom stereocenters. The van der Waals surface area contributed by atoms with Gasteiger partial charge < -0.3 is 9.47 Å². The lowest BCUT2D eigenvalue weighted by Crippen LogP contribution is -2.24. The predicted octanol–water partition coefficient (Wildman–Crippen LogP) is 2.48. The molecule has 0 aromatic heterocycles. The van der Waals surface area contributed by atoms with Crippen molar-refractivity contribution in [2.45, 2.75) is 6.42 Å². The fourth-order valence-corrected chi connectivity index (χ4v) is 2.72. The lowest BCUT2D eigenvalue weighted by Gasteiger charge is -2.10. The molecule has 120 valence electrons. The quantitative estimate of drug-likeness (QED) is 0.629. The maximum Gasteiger partial charge on any atom is 0.282 e. The van der Waals surface area contributed by atoms with Gasteiger partial charge >= 0.3 is 0 Å². The highest BCUT2D eigenvalue weighted by atomic mass is 16.5. The van der Waals surface area contributed by atoms with E-state index < -0.39 is 11.8 Å². The van der Waals surface area contributed by atoms with Gasteiger partial charge in [-0.1, -0.05) is 18.2 Å². The van der Waals surface area contributed by atoms with Gasteiger partial charge in [0, 0.05) is 12.0 Å². The molecular weight excluding hydrogens is 308 g/mol. The Bertz CT molecular complexity index is 825. The first-order valence-electron chi connectivity index (χ1n) is 7.66. The summed E-state index contributed by atoms with van der Waals surface area (Å²) in [5.41, 5.74) is 1.39. The van der Waals surface area contributed by atoms with Crippen molar-refractivity contribution in [2.75, 3.05) is 13.2 Å². The number of imide groups is 1. The average Bonchev–Trinajstić information content (AvgIpc) is 2.78. The molecule has 0 saturated heterocycles. The number of para-hydroxylation sites is 1. The summed E-state index contributed by atoms with van der Waals surface area (Å²) in [5.74, 6) is 0.367. The average molecular weight is 322 g/mol. The molecule has 0 spiro atoms. The summed E-state index contributed by atoms with van der Waals surface area (Å²) in [4.78, 5) is 24.6. The second-order valence-corrected chi connectivity index (χ2v) is 5.44. The summed E-state index contributed by atoms with van der Waals surface area (Å²) in [6.07, 6.45) is 2.25. The van der Waals surface area contributed by atoms with E-state index in [0.717, 1.165) is 11.4 Å². The minimum atomic E-state index is -0.425. The van der Waals surface area contributed by atoms with Crippen LogP contribution in [0.2, 0.25) is 0 Å². The number of amides is 2. The number of hydrogen-bond acceptors (Lipinski definition) is 5. The number of nitrogens with zero attached hydrogens (tertiary/aromatic N) is 2. The molecule has 2 amide bonds. The number of benzene rings is 2. The molecule has 4 rings (SSSR count). The summed E-state index contributed by atoms with van der Waals surface area (Å²) >= 11 is 0. The van der Waals surface area contributed by atoms with E-state index in [-0.39, 0.29) is 0 Å². The Morgan fingerprint density at radius 2 is 1.62 bits per heavy atom. The van der Waals surface area contributed by atoms with Crippen LogP contribution in [0.15, 0.2) is 47.6 Å². The molecular formula is C18H14N2O4. The van der Waals surface area contributed by atoms with Gasteiger partial charge in [0.15, 0.2) is 11.5 Å². The highest BCUT2D eigenvalue weighted by molar-refractivity contribution is 6.21. The van der Waals surface area contributed by atoms with Gasteiger partial charge in [-0.2, -0.15) is 10.1 Å². The Labute approximate surface area is 138 Å². The number of hydrogen-bond donors (Lipinski definition) is 0. The molecule has 2 aromatic rings. The topological polar surface area (TPSA) is 68.2 Å². The molecule has 0 aliphatic carbocycles. The van der Waals surface area contributed by atoms with Crippen molar-refractivity contribution < 1.29 is 19.1 Å². The van der Waals surface area contributed by atoms with Gasteiger partial charge in [0.2, 0.25) is 0 Å². The van der Waals surface area contributed by atoms with Crippen LogP contribution in [0.25, 0.3) is 0 Å². The van der Waals surface area contributed by atoms with Gasteiger partial charge in [0.05, 0.1) is 30.6 Å². The van der Waals surface area contributed by atoms with Gasteiger partial charge in [-0.15, -0.1) is 0 Å². The van der Waals surface area contributed by atoms with E-state index in [1.165, 1.54) is 6.21 Å². The highest BCUT2D eigenvalue weighted by Gasteiger charge is 2.35. The van der Waals surface area contributed by atoms with Gasteiger partial charge in [0.25, 0.3) is 11.8 Å². The first-order valence-corrected chi connectivity index (χ1v) is 7.66. The minimum absolute atomic E-state index is 0.367. The zero-order valence-electron chi connectivity index (χ0n) is 12.8. The van der Waals surface area contributed by atoms with Gasteiger partial charge in [-0.3, -0.25) is 9.59 Å². The first kappa shape index (κ1) is 14.4. The van der Waals surface area contributed by atoms with E-state index in [2.05, 4.69) is 5.10 Å². The lowest BCUT2D eigenvalue weighted by atomic mass is 10.1. The Hall–Kier alpha value is -3.15. The molecule has 6 heteroatoms. The largest absolute Gasteiger partial charge is 0.490 e. The van der Waals surface area contributed by atoms with Crippen molar-refractivity contribution in [3.05, 3.63) is 59.2 Å². The maximum absolute atomic E-state index is 12.3. The Morgan fingerprint density at radius 3 is 2.38 bits per heavy atom. The van der Waals surface area contributed by atoms with Crippen molar-refractivity contribution in [2.24, 2.45) is 5.10 Å². The van der Waals surface area contributed by atoms with Crippen LogP contribution in [0.3, 0.4) is 0 Å². The monoisotopic (exact) mass is 322 g/mol. The standard InChI is InChI=1S/C18H14N2O4/c21-17-13-6-1-2-7-14(13)18(22)20(17)19-11-12-5-3-8-15-16(12)24-10-4-9-23-15/h1-3,5-8,11H,4,9-10H2. The van der Waals surface area contributed by atoms with Crippen LogP contribution in [0.5, 0.6) is 11.5 Å². The van der Waals surface area contributed by atoms with Crippen LogP contribution in [0.1, 0.15) is 32.7 Å². The third-order valence-electron chi connectivity index (χ3n) is 3.89. The molecule has 6 nitrogen and oxygen atoms in total. The van der Waals surface area contributed by atoms with Crippen molar-refractivity contribution in [3.63, 3.8) is 0 Å². The van der Waals surface area contributed by atoms with Crippen LogP contribution in [0.4, 0.5) is 0 Å². The number of hydrazone groups is 1. The fraction of sp³-hybridized carbons (Fsp3) is 0.167. The highest BCUT2D eigenvalue weighted by Crippen LogP contribution is 2.32. The van der Waals surface area contributed by atoms with Gasteiger partial charge in [-0.25, -0.2) is 0 Å². The van der Waals surface area contributed by atoms with Crippen molar-refractivity contribution in [1.82, 2.24) is 5.01 Å². The molecule has 2 heterocycles. The maximum atomic E-state index is 12.3. The third-order valence-corrected chi connectivity index (χ3v) is 3.89.